The Balaban J connectivity index is 2.01. The van der Waals surface area contributed by atoms with E-state index >= 15 is 0 Å². The summed E-state index contributed by atoms with van der Waals surface area (Å²) < 4.78 is 13.4. The van der Waals surface area contributed by atoms with Crippen molar-refractivity contribution in [1.82, 2.24) is 4.90 Å². The minimum absolute atomic E-state index is 0.0233. The lowest BCUT2D eigenvalue weighted by molar-refractivity contribution is -0.127. The number of benzene rings is 1. The molecular formula is C15H18FNO. The molecule has 2 nitrogen and oxygen atoms in total. The summed E-state index contributed by atoms with van der Waals surface area (Å²) >= 11 is 0. The summed E-state index contributed by atoms with van der Waals surface area (Å²) in [7, 11) is 0. The van der Waals surface area contributed by atoms with Crippen LogP contribution in [0.3, 0.4) is 0 Å². The van der Waals surface area contributed by atoms with Gasteiger partial charge in [0.05, 0.1) is 0 Å². The number of carbonyl (C=O) groups excluding carboxylic acids is 1. The fourth-order valence-corrected chi connectivity index (χ4v) is 2.27. The summed E-state index contributed by atoms with van der Waals surface area (Å²) in [5.74, 6) is 0.239. The highest BCUT2D eigenvalue weighted by Gasteiger charge is 2.18. The van der Waals surface area contributed by atoms with E-state index in [0.717, 1.165) is 19.5 Å². The molecule has 3 heteroatoms. The molecule has 0 bridgehead atoms. The molecule has 0 radical (unpaired) electrons. The SMILES string of the molecule is CC1CCCN(C(=O)/C=C/c2ccccc2F)C1. The molecule has 0 spiro atoms. The first kappa shape index (κ1) is 12.8. The average Bonchev–Trinajstić information content (AvgIpc) is 2.37. The lowest BCUT2D eigenvalue weighted by Crippen LogP contribution is -2.38. The molecule has 0 N–H and O–H groups in total. The minimum atomic E-state index is -0.298. The summed E-state index contributed by atoms with van der Waals surface area (Å²) in [5.41, 5.74) is 0.455. The normalized spacial score (nSPS) is 20.3. The van der Waals surface area contributed by atoms with Crippen molar-refractivity contribution in [1.29, 1.82) is 0 Å². The van der Waals surface area contributed by atoms with Gasteiger partial charge in [0.2, 0.25) is 5.91 Å². The molecule has 0 aliphatic carbocycles. The molecule has 1 aliphatic heterocycles. The van der Waals surface area contributed by atoms with Crippen LogP contribution in [-0.4, -0.2) is 23.9 Å². The number of carbonyl (C=O) groups is 1. The third kappa shape index (κ3) is 3.19. The number of hydrogen-bond acceptors (Lipinski definition) is 1. The first-order valence-electron chi connectivity index (χ1n) is 6.38. The number of amides is 1. The molecule has 96 valence electrons. The molecule has 1 aromatic carbocycles. The molecule has 1 saturated heterocycles. The molecular weight excluding hydrogens is 229 g/mol. The van der Waals surface area contributed by atoms with Crippen molar-refractivity contribution in [3.63, 3.8) is 0 Å². The Hall–Kier alpha value is -1.64. The van der Waals surface area contributed by atoms with Gasteiger partial charge in [-0.1, -0.05) is 25.1 Å². The maximum absolute atomic E-state index is 13.4. The molecule has 1 amide bonds. The molecule has 0 saturated carbocycles. The summed E-state index contributed by atoms with van der Waals surface area (Å²) in [6, 6.07) is 6.46. The Morgan fingerprint density at radius 1 is 1.44 bits per heavy atom. The Kier molecular flexibility index (Phi) is 4.13. The van der Waals surface area contributed by atoms with E-state index < -0.39 is 0 Å². The van der Waals surface area contributed by atoms with Crippen molar-refractivity contribution in [2.45, 2.75) is 19.8 Å². The molecule has 1 fully saturated rings. The van der Waals surface area contributed by atoms with Crippen molar-refractivity contribution < 1.29 is 9.18 Å². The van der Waals surface area contributed by atoms with Crippen LogP contribution in [0.2, 0.25) is 0 Å². The van der Waals surface area contributed by atoms with Gasteiger partial charge in [-0.15, -0.1) is 0 Å². The number of halogens is 1. The second kappa shape index (κ2) is 5.80. The van der Waals surface area contributed by atoms with E-state index in [2.05, 4.69) is 6.92 Å². The quantitative estimate of drug-likeness (QED) is 0.735. The number of nitrogens with zero attached hydrogens (tertiary/aromatic N) is 1. The van der Waals surface area contributed by atoms with Gasteiger partial charge < -0.3 is 4.90 Å². The van der Waals surface area contributed by atoms with E-state index in [0.29, 0.717) is 11.5 Å². The van der Waals surface area contributed by atoms with Crippen LogP contribution in [-0.2, 0) is 4.79 Å². The maximum Gasteiger partial charge on any atom is 0.246 e. The average molecular weight is 247 g/mol. The highest BCUT2D eigenvalue weighted by atomic mass is 19.1. The van der Waals surface area contributed by atoms with Gasteiger partial charge in [-0.25, -0.2) is 4.39 Å². The van der Waals surface area contributed by atoms with Gasteiger partial charge >= 0.3 is 0 Å². The van der Waals surface area contributed by atoms with Crippen LogP contribution < -0.4 is 0 Å². The summed E-state index contributed by atoms with van der Waals surface area (Å²) in [6.45, 7) is 3.77. The zero-order valence-corrected chi connectivity index (χ0v) is 10.6. The molecule has 2 rings (SSSR count). The smallest absolute Gasteiger partial charge is 0.246 e. The largest absolute Gasteiger partial charge is 0.339 e. The Bertz CT molecular complexity index is 456. The first-order valence-corrected chi connectivity index (χ1v) is 6.38. The van der Waals surface area contributed by atoms with Crippen LogP contribution in [0.5, 0.6) is 0 Å². The lowest BCUT2D eigenvalue weighted by atomic mass is 10.0. The van der Waals surface area contributed by atoms with Crippen molar-refractivity contribution in [3.8, 4) is 0 Å². The Morgan fingerprint density at radius 2 is 2.22 bits per heavy atom. The monoisotopic (exact) mass is 247 g/mol. The van der Waals surface area contributed by atoms with E-state index in [1.165, 1.54) is 18.6 Å². The fourth-order valence-electron chi connectivity index (χ4n) is 2.27. The number of piperidine rings is 1. The fraction of sp³-hybridized carbons (Fsp3) is 0.400. The maximum atomic E-state index is 13.4. The highest BCUT2D eigenvalue weighted by Crippen LogP contribution is 2.16. The standard InChI is InChI=1S/C15H18FNO/c1-12-5-4-10-17(11-12)15(18)9-8-13-6-2-3-7-14(13)16/h2-3,6-9,12H,4-5,10-11H2,1H3/b9-8+. The van der Waals surface area contributed by atoms with Gasteiger partial charge in [0.15, 0.2) is 0 Å². The van der Waals surface area contributed by atoms with Gasteiger partial charge in [-0.2, -0.15) is 0 Å². The van der Waals surface area contributed by atoms with Gasteiger partial charge in [-0.3, -0.25) is 4.79 Å². The highest BCUT2D eigenvalue weighted by molar-refractivity contribution is 5.91. The first-order chi connectivity index (χ1) is 8.66. The van der Waals surface area contributed by atoms with Gasteiger partial charge in [0, 0.05) is 24.7 Å². The summed E-state index contributed by atoms with van der Waals surface area (Å²) in [4.78, 5) is 13.8. The molecule has 1 aromatic rings. The Labute approximate surface area is 107 Å². The summed E-state index contributed by atoms with van der Waals surface area (Å²) in [6.07, 6.45) is 5.26. The third-order valence-corrected chi connectivity index (χ3v) is 3.28. The molecule has 1 atom stereocenters. The molecule has 1 heterocycles. The van der Waals surface area contributed by atoms with E-state index in [4.69, 9.17) is 0 Å². The van der Waals surface area contributed by atoms with E-state index in [9.17, 15) is 9.18 Å². The number of hydrogen-bond donors (Lipinski definition) is 0. The van der Waals surface area contributed by atoms with Crippen LogP contribution in [0.15, 0.2) is 30.3 Å². The topological polar surface area (TPSA) is 20.3 Å². The third-order valence-electron chi connectivity index (χ3n) is 3.28. The van der Waals surface area contributed by atoms with Gasteiger partial charge in [-0.05, 0) is 30.9 Å². The predicted octanol–water partition coefficient (Wildman–Crippen LogP) is 3.10. The van der Waals surface area contributed by atoms with E-state index in [-0.39, 0.29) is 11.7 Å². The van der Waals surface area contributed by atoms with Crippen molar-refractivity contribution in [2.75, 3.05) is 13.1 Å². The van der Waals surface area contributed by atoms with Crippen molar-refractivity contribution >= 4 is 12.0 Å². The summed E-state index contributed by atoms with van der Waals surface area (Å²) in [5, 5.41) is 0. The second-order valence-electron chi connectivity index (χ2n) is 4.89. The Morgan fingerprint density at radius 3 is 2.94 bits per heavy atom. The lowest BCUT2D eigenvalue weighted by Gasteiger charge is -2.30. The van der Waals surface area contributed by atoms with Crippen LogP contribution in [0, 0.1) is 11.7 Å². The van der Waals surface area contributed by atoms with Gasteiger partial charge in [0.25, 0.3) is 0 Å². The second-order valence-corrected chi connectivity index (χ2v) is 4.89. The molecule has 0 aromatic heterocycles. The number of likely N-dealkylation sites (tertiary alicyclic amines) is 1. The van der Waals surface area contributed by atoms with Crippen LogP contribution >= 0.6 is 0 Å². The molecule has 18 heavy (non-hydrogen) atoms. The van der Waals surface area contributed by atoms with Crippen LogP contribution in [0.25, 0.3) is 6.08 Å². The van der Waals surface area contributed by atoms with Crippen molar-refractivity contribution in [2.24, 2.45) is 5.92 Å². The number of rotatable bonds is 2. The van der Waals surface area contributed by atoms with E-state index in [1.54, 1.807) is 24.3 Å². The van der Waals surface area contributed by atoms with Crippen LogP contribution in [0.4, 0.5) is 4.39 Å². The predicted molar refractivity (Wildman–Crippen MR) is 70.4 cm³/mol. The molecule has 1 unspecified atom stereocenters. The van der Waals surface area contributed by atoms with Crippen molar-refractivity contribution in [3.05, 3.63) is 41.7 Å². The zero-order valence-electron chi connectivity index (χ0n) is 10.6. The zero-order chi connectivity index (χ0) is 13.0. The van der Waals surface area contributed by atoms with E-state index in [1.807, 2.05) is 4.90 Å². The molecule has 1 aliphatic rings. The minimum Gasteiger partial charge on any atom is -0.339 e. The van der Waals surface area contributed by atoms with Crippen LogP contribution in [0.1, 0.15) is 25.3 Å². The van der Waals surface area contributed by atoms with Gasteiger partial charge in [0.1, 0.15) is 5.82 Å².